The monoisotopic (exact) mass is 306 g/mol. The summed E-state index contributed by atoms with van der Waals surface area (Å²) in [6.07, 6.45) is 1.05. The van der Waals surface area contributed by atoms with Crippen LogP contribution in [-0.2, 0) is 16.1 Å². The van der Waals surface area contributed by atoms with E-state index in [1.54, 1.807) is 0 Å². The van der Waals surface area contributed by atoms with Gasteiger partial charge in [0.05, 0.1) is 13.2 Å². The molecule has 0 bridgehead atoms. The Balaban J connectivity index is 1.95. The molecule has 5 nitrogen and oxygen atoms in total. The van der Waals surface area contributed by atoms with Gasteiger partial charge in [0.15, 0.2) is 0 Å². The van der Waals surface area contributed by atoms with E-state index in [1.807, 2.05) is 32.0 Å². The lowest BCUT2D eigenvalue weighted by atomic mass is 10.1. The Morgan fingerprint density at radius 1 is 1.55 bits per heavy atom. The van der Waals surface area contributed by atoms with Crippen LogP contribution in [0.4, 0.5) is 0 Å². The van der Waals surface area contributed by atoms with E-state index in [0.29, 0.717) is 25.6 Å². The summed E-state index contributed by atoms with van der Waals surface area (Å²) in [5.41, 5.74) is 7.64. The van der Waals surface area contributed by atoms with Gasteiger partial charge in [0.1, 0.15) is 5.75 Å². The molecule has 2 atom stereocenters. The summed E-state index contributed by atoms with van der Waals surface area (Å²) in [6, 6.07) is 6.05. The molecule has 0 aromatic heterocycles. The molecule has 0 aliphatic carbocycles. The fourth-order valence-electron chi connectivity index (χ4n) is 2.33. The Labute approximate surface area is 132 Å². The SMILES string of the molecule is Cc1ccc(CNC(=O)C(C)CN)c(OCC2CCOC2)c1. The zero-order chi connectivity index (χ0) is 15.9. The Bertz CT molecular complexity index is 499. The molecule has 1 saturated heterocycles. The summed E-state index contributed by atoms with van der Waals surface area (Å²) >= 11 is 0. The molecule has 0 spiro atoms. The molecule has 22 heavy (non-hydrogen) atoms. The van der Waals surface area contributed by atoms with Crippen LogP contribution in [0.15, 0.2) is 18.2 Å². The van der Waals surface area contributed by atoms with Gasteiger partial charge in [-0.25, -0.2) is 0 Å². The Hall–Kier alpha value is -1.59. The van der Waals surface area contributed by atoms with Gasteiger partial charge < -0.3 is 20.5 Å². The van der Waals surface area contributed by atoms with Gasteiger partial charge in [-0.1, -0.05) is 19.1 Å². The standard InChI is InChI=1S/C17H26N2O3/c1-12-3-4-15(9-19-17(20)13(2)8-18)16(7-12)22-11-14-5-6-21-10-14/h3-4,7,13-14H,5-6,8-11,18H2,1-2H3,(H,19,20). The number of benzene rings is 1. The molecule has 1 amide bonds. The Morgan fingerprint density at radius 3 is 3.05 bits per heavy atom. The summed E-state index contributed by atoms with van der Waals surface area (Å²) in [4.78, 5) is 11.8. The average Bonchev–Trinajstić information content (AvgIpc) is 3.04. The van der Waals surface area contributed by atoms with E-state index in [0.717, 1.165) is 36.5 Å². The third-order valence-electron chi connectivity index (χ3n) is 3.98. The topological polar surface area (TPSA) is 73.6 Å². The molecular weight excluding hydrogens is 280 g/mol. The average molecular weight is 306 g/mol. The number of nitrogens with two attached hydrogens (primary N) is 1. The molecular formula is C17H26N2O3. The summed E-state index contributed by atoms with van der Waals surface area (Å²) in [5, 5.41) is 2.91. The van der Waals surface area contributed by atoms with Crippen LogP contribution in [0.25, 0.3) is 0 Å². The maximum absolute atomic E-state index is 11.8. The Morgan fingerprint density at radius 2 is 2.36 bits per heavy atom. The van der Waals surface area contributed by atoms with Crippen molar-refractivity contribution in [2.75, 3.05) is 26.4 Å². The molecule has 1 fully saturated rings. The van der Waals surface area contributed by atoms with E-state index in [9.17, 15) is 4.79 Å². The van der Waals surface area contributed by atoms with Crippen molar-refractivity contribution in [1.82, 2.24) is 5.32 Å². The number of hydrogen-bond donors (Lipinski definition) is 2. The van der Waals surface area contributed by atoms with E-state index < -0.39 is 0 Å². The smallest absolute Gasteiger partial charge is 0.224 e. The van der Waals surface area contributed by atoms with Crippen molar-refractivity contribution in [3.8, 4) is 5.75 Å². The highest BCUT2D eigenvalue weighted by atomic mass is 16.5. The number of aryl methyl sites for hydroxylation is 1. The first-order valence-corrected chi connectivity index (χ1v) is 7.88. The normalized spacial score (nSPS) is 19.0. The zero-order valence-corrected chi connectivity index (χ0v) is 13.4. The third kappa shape index (κ3) is 4.71. The van der Waals surface area contributed by atoms with E-state index in [-0.39, 0.29) is 11.8 Å². The van der Waals surface area contributed by atoms with Crippen molar-refractivity contribution < 1.29 is 14.3 Å². The molecule has 1 aromatic rings. The molecule has 2 rings (SSSR count). The fraction of sp³-hybridized carbons (Fsp3) is 0.588. The fourth-order valence-corrected chi connectivity index (χ4v) is 2.33. The van der Waals surface area contributed by atoms with E-state index in [4.69, 9.17) is 15.2 Å². The van der Waals surface area contributed by atoms with Crippen molar-refractivity contribution in [3.05, 3.63) is 29.3 Å². The van der Waals surface area contributed by atoms with E-state index in [1.165, 1.54) is 0 Å². The highest BCUT2D eigenvalue weighted by Gasteiger charge is 2.17. The van der Waals surface area contributed by atoms with Gasteiger partial charge in [-0.2, -0.15) is 0 Å². The first kappa shape index (κ1) is 16.8. The van der Waals surface area contributed by atoms with Crippen LogP contribution < -0.4 is 15.8 Å². The molecule has 1 aliphatic rings. The molecule has 122 valence electrons. The van der Waals surface area contributed by atoms with Crippen LogP contribution in [0.5, 0.6) is 5.75 Å². The summed E-state index contributed by atoms with van der Waals surface area (Å²) in [7, 11) is 0. The van der Waals surface area contributed by atoms with Crippen molar-refractivity contribution in [2.24, 2.45) is 17.6 Å². The highest BCUT2D eigenvalue weighted by molar-refractivity contribution is 5.78. The lowest BCUT2D eigenvalue weighted by Crippen LogP contribution is -2.32. The first-order valence-electron chi connectivity index (χ1n) is 7.88. The predicted octanol–water partition coefficient (Wildman–Crippen LogP) is 1.62. The zero-order valence-electron chi connectivity index (χ0n) is 13.4. The van der Waals surface area contributed by atoms with Gasteiger partial charge in [-0.15, -0.1) is 0 Å². The van der Waals surface area contributed by atoms with E-state index in [2.05, 4.69) is 5.32 Å². The second kappa shape index (κ2) is 8.15. The maximum Gasteiger partial charge on any atom is 0.224 e. The number of amides is 1. The van der Waals surface area contributed by atoms with Crippen molar-refractivity contribution >= 4 is 5.91 Å². The second-order valence-corrected chi connectivity index (χ2v) is 6.01. The molecule has 3 N–H and O–H groups in total. The number of carbonyl (C=O) groups is 1. The molecule has 1 heterocycles. The number of hydrogen-bond acceptors (Lipinski definition) is 4. The van der Waals surface area contributed by atoms with Crippen LogP contribution in [0.2, 0.25) is 0 Å². The molecule has 2 unspecified atom stereocenters. The molecule has 0 radical (unpaired) electrons. The first-order chi connectivity index (χ1) is 10.6. The predicted molar refractivity (Wildman–Crippen MR) is 85.7 cm³/mol. The van der Waals surface area contributed by atoms with Crippen molar-refractivity contribution in [2.45, 2.75) is 26.8 Å². The van der Waals surface area contributed by atoms with Gasteiger partial charge in [-0.05, 0) is 25.0 Å². The minimum Gasteiger partial charge on any atom is -0.493 e. The molecule has 1 aromatic carbocycles. The molecule has 1 aliphatic heterocycles. The minimum atomic E-state index is -0.176. The summed E-state index contributed by atoms with van der Waals surface area (Å²) < 4.78 is 11.3. The number of rotatable bonds is 7. The van der Waals surface area contributed by atoms with Crippen LogP contribution in [-0.4, -0.2) is 32.3 Å². The minimum absolute atomic E-state index is 0.0294. The van der Waals surface area contributed by atoms with Crippen LogP contribution in [0.3, 0.4) is 0 Å². The molecule has 5 heteroatoms. The maximum atomic E-state index is 11.8. The van der Waals surface area contributed by atoms with E-state index >= 15 is 0 Å². The van der Waals surface area contributed by atoms with Gasteiger partial charge in [0.2, 0.25) is 5.91 Å². The number of nitrogens with one attached hydrogen (secondary N) is 1. The van der Waals surface area contributed by atoms with Crippen molar-refractivity contribution in [3.63, 3.8) is 0 Å². The van der Waals surface area contributed by atoms with Gasteiger partial charge >= 0.3 is 0 Å². The van der Waals surface area contributed by atoms with Gasteiger partial charge in [0, 0.05) is 37.1 Å². The lowest BCUT2D eigenvalue weighted by Gasteiger charge is -2.16. The van der Waals surface area contributed by atoms with Gasteiger partial charge in [-0.3, -0.25) is 4.79 Å². The quantitative estimate of drug-likeness (QED) is 0.803. The van der Waals surface area contributed by atoms with Crippen LogP contribution in [0.1, 0.15) is 24.5 Å². The number of ether oxygens (including phenoxy) is 2. The van der Waals surface area contributed by atoms with Crippen LogP contribution >= 0.6 is 0 Å². The lowest BCUT2D eigenvalue weighted by molar-refractivity contribution is -0.124. The second-order valence-electron chi connectivity index (χ2n) is 6.01. The third-order valence-corrected chi connectivity index (χ3v) is 3.98. The molecule has 0 saturated carbocycles. The largest absolute Gasteiger partial charge is 0.493 e. The highest BCUT2D eigenvalue weighted by Crippen LogP contribution is 2.22. The van der Waals surface area contributed by atoms with Crippen LogP contribution in [0, 0.1) is 18.8 Å². The van der Waals surface area contributed by atoms with Crippen molar-refractivity contribution in [1.29, 1.82) is 0 Å². The summed E-state index contributed by atoms with van der Waals surface area (Å²) in [5.74, 6) is 1.09. The Kier molecular flexibility index (Phi) is 6.21. The number of carbonyl (C=O) groups excluding carboxylic acids is 1. The van der Waals surface area contributed by atoms with Gasteiger partial charge in [0.25, 0.3) is 0 Å². The summed E-state index contributed by atoms with van der Waals surface area (Å²) in [6.45, 7) is 6.91.